The van der Waals surface area contributed by atoms with Crippen molar-refractivity contribution in [3.8, 4) is 0 Å². The number of hydrazine groups is 1. The fourth-order valence-corrected chi connectivity index (χ4v) is 3.21. The average molecular weight is 499 g/mol. The molecule has 0 radical (unpaired) electrons. The molecule has 1 aromatic carbocycles. The molecule has 0 aliphatic rings. The van der Waals surface area contributed by atoms with E-state index in [4.69, 9.17) is 16.6 Å². The number of carboxylic acid groups (broad SMARTS) is 2. The average Bonchev–Trinajstić information content (AvgIpc) is 2.84. The molecule has 2 aromatic heterocycles. The number of hydrogen-bond donors (Lipinski definition) is 7. The zero-order valence-corrected chi connectivity index (χ0v) is 19.0. The highest BCUT2D eigenvalue weighted by atomic mass is 16.4. The molecular formula is C21H25N9O6. The summed E-state index contributed by atoms with van der Waals surface area (Å²) in [6.07, 6.45) is 0.810. The van der Waals surface area contributed by atoms with Crippen LogP contribution in [0, 0.1) is 0 Å². The normalized spacial score (nSPS) is 11.7. The van der Waals surface area contributed by atoms with E-state index in [1.807, 2.05) is 0 Å². The maximum atomic E-state index is 12.5. The highest BCUT2D eigenvalue weighted by molar-refractivity contribution is 5.97. The van der Waals surface area contributed by atoms with Gasteiger partial charge in [0.1, 0.15) is 6.04 Å². The Morgan fingerprint density at radius 2 is 1.86 bits per heavy atom. The van der Waals surface area contributed by atoms with Crippen LogP contribution in [0.1, 0.15) is 28.9 Å². The maximum absolute atomic E-state index is 12.5. The second-order valence-electron chi connectivity index (χ2n) is 7.61. The molecule has 15 heteroatoms. The molecule has 1 atom stereocenters. The van der Waals surface area contributed by atoms with Crippen molar-refractivity contribution < 1.29 is 24.6 Å². The molecule has 0 saturated carbocycles. The van der Waals surface area contributed by atoms with Gasteiger partial charge in [-0.2, -0.15) is 4.98 Å². The Kier molecular flexibility index (Phi) is 8.43. The van der Waals surface area contributed by atoms with Gasteiger partial charge in [0.15, 0.2) is 11.2 Å². The number of carboxylic acids is 2. The van der Waals surface area contributed by atoms with Gasteiger partial charge in [0.05, 0.1) is 24.1 Å². The minimum Gasteiger partial charge on any atom is -0.481 e. The van der Waals surface area contributed by atoms with E-state index < -0.39 is 35.9 Å². The van der Waals surface area contributed by atoms with Gasteiger partial charge >= 0.3 is 11.9 Å². The van der Waals surface area contributed by atoms with Gasteiger partial charge in [-0.1, -0.05) is 0 Å². The summed E-state index contributed by atoms with van der Waals surface area (Å²) < 4.78 is 0. The lowest BCUT2D eigenvalue weighted by atomic mass is 10.1. The number of nitrogen functional groups attached to an aromatic ring is 1. The van der Waals surface area contributed by atoms with E-state index in [1.165, 1.54) is 18.3 Å². The number of H-pyrrole nitrogens is 1. The molecule has 0 fully saturated rings. The first-order valence-electron chi connectivity index (χ1n) is 10.8. The van der Waals surface area contributed by atoms with Crippen LogP contribution in [0.2, 0.25) is 0 Å². The number of benzene rings is 1. The Morgan fingerprint density at radius 3 is 2.50 bits per heavy atom. The monoisotopic (exact) mass is 499 g/mol. The second-order valence-corrected chi connectivity index (χ2v) is 7.61. The molecule has 0 saturated heterocycles. The molecule has 0 aliphatic heterocycles. The number of aromatic nitrogens is 4. The number of nitrogens with zero attached hydrogens (tertiary/aromatic N) is 4. The second kappa shape index (κ2) is 11.7. The zero-order valence-electron chi connectivity index (χ0n) is 19.0. The first-order chi connectivity index (χ1) is 17.2. The summed E-state index contributed by atoms with van der Waals surface area (Å²) in [5.74, 6) is -3.22. The minimum atomic E-state index is -1.34. The minimum absolute atomic E-state index is 0.0309. The van der Waals surface area contributed by atoms with Crippen LogP contribution in [0.4, 0.5) is 11.6 Å². The molecule has 0 aliphatic carbocycles. The predicted octanol–water partition coefficient (Wildman–Crippen LogP) is -1.19. The van der Waals surface area contributed by atoms with Crippen LogP contribution in [-0.4, -0.2) is 67.1 Å². The van der Waals surface area contributed by atoms with Gasteiger partial charge in [-0.05, 0) is 30.7 Å². The summed E-state index contributed by atoms with van der Waals surface area (Å²) in [4.78, 5) is 61.5. The highest BCUT2D eigenvalue weighted by Crippen LogP contribution is 2.17. The SMILES string of the molecule is NCCNN(Cc1cnc2nc(N)[nH]c(=O)c2n1)c1ccc(C(=O)N[C@@H](CCC(=O)O)C(=O)O)cc1. The molecule has 15 nitrogen and oxygen atoms in total. The summed E-state index contributed by atoms with van der Waals surface area (Å²) in [5, 5.41) is 22.0. The van der Waals surface area contributed by atoms with Gasteiger partial charge in [0.25, 0.3) is 11.5 Å². The van der Waals surface area contributed by atoms with Crippen LogP contribution < -0.4 is 32.8 Å². The van der Waals surface area contributed by atoms with Crippen LogP contribution >= 0.6 is 0 Å². The van der Waals surface area contributed by atoms with E-state index in [-0.39, 0.29) is 35.6 Å². The first-order valence-corrected chi connectivity index (χ1v) is 10.8. The number of nitrogens with two attached hydrogens (primary N) is 2. The van der Waals surface area contributed by atoms with Crippen molar-refractivity contribution in [2.75, 3.05) is 23.8 Å². The summed E-state index contributed by atoms with van der Waals surface area (Å²) in [6.45, 7) is 0.913. The van der Waals surface area contributed by atoms with Crippen LogP contribution in [0.25, 0.3) is 11.2 Å². The molecule has 190 valence electrons. The van der Waals surface area contributed by atoms with E-state index in [1.54, 1.807) is 17.1 Å². The molecule has 0 bridgehead atoms. The highest BCUT2D eigenvalue weighted by Gasteiger charge is 2.22. The molecule has 0 spiro atoms. The lowest BCUT2D eigenvalue weighted by molar-refractivity contribution is -0.140. The topological polar surface area (TPSA) is 243 Å². The lowest BCUT2D eigenvalue weighted by Gasteiger charge is -2.25. The van der Waals surface area contributed by atoms with Crippen molar-refractivity contribution in [1.82, 2.24) is 30.7 Å². The fourth-order valence-electron chi connectivity index (χ4n) is 3.21. The van der Waals surface area contributed by atoms with Gasteiger partial charge in [-0.25, -0.2) is 20.2 Å². The van der Waals surface area contributed by atoms with Crippen LogP contribution in [0.3, 0.4) is 0 Å². The molecule has 3 aromatic rings. The summed E-state index contributed by atoms with van der Waals surface area (Å²) in [6, 6.07) is 4.88. The molecule has 1 amide bonds. The number of nitrogens with one attached hydrogen (secondary N) is 3. The van der Waals surface area contributed by atoms with E-state index in [9.17, 15) is 24.3 Å². The van der Waals surface area contributed by atoms with Gasteiger partial charge in [0, 0.05) is 25.1 Å². The molecule has 36 heavy (non-hydrogen) atoms. The van der Waals surface area contributed by atoms with Crippen molar-refractivity contribution in [2.24, 2.45) is 5.73 Å². The van der Waals surface area contributed by atoms with E-state index >= 15 is 0 Å². The van der Waals surface area contributed by atoms with Crippen molar-refractivity contribution in [3.63, 3.8) is 0 Å². The first kappa shape index (κ1) is 26.0. The van der Waals surface area contributed by atoms with Crippen molar-refractivity contribution in [1.29, 1.82) is 0 Å². The summed E-state index contributed by atoms with van der Waals surface area (Å²) in [7, 11) is 0. The van der Waals surface area contributed by atoms with Crippen LogP contribution in [0.5, 0.6) is 0 Å². The lowest BCUT2D eigenvalue weighted by Crippen LogP contribution is -2.41. The number of hydrogen-bond acceptors (Lipinski definition) is 11. The Morgan fingerprint density at radius 1 is 1.14 bits per heavy atom. The third-order valence-corrected chi connectivity index (χ3v) is 4.94. The van der Waals surface area contributed by atoms with E-state index in [0.29, 0.717) is 24.5 Å². The molecular weight excluding hydrogens is 474 g/mol. The van der Waals surface area contributed by atoms with Gasteiger partial charge in [-0.15, -0.1) is 0 Å². The molecule has 2 heterocycles. The number of anilines is 2. The quantitative estimate of drug-likeness (QED) is 0.145. The Hall–Kier alpha value is -4.63. The molecule has 0 unspecified atom stereocenters. The number of fused-ring (bicyclic) bond motifs is 1. The van der Waals surface area contributed by atoms with Crippen LogP contribution in [0.15, 0.2) is 35.3 Å². The van der Waals surface area contributed by atoms with Gasteiger partial charge in [-0.3, -0.25) is 19.4 Å². The Bertz CT molecular complexity index is 1310. The largest absolute Gasteiger partial charge is 0.481 e. The third kappa shape index (κ3) is 6.71. The standard InChI is InChI=1S/C21H25N9O6/c22-7-8-25-30(10-12-9-24-17-16(26-12)19(34)29-21(23)28-17)13-3-1-11(2-4-13)18(33)27-14(20(35)36)5-6-15(31)32/h1-4,9,14,25H,5-8,10,22H2,(H,27,33)(H,31,32)(H,35,36)(H3,23,24,28,29,34)/t14-/m0/s1. The van der Waals surface area contributed by atoms with Gasteiger partial charge < -0.3 is 32.0 Å². The van der Waals surface area contributed by atoms with Crippen LogP contribution in [-0.2, 0) is 16.1 Å². The number of amides is 1. The summed E-state index contributed by atoms with van der Waals surface area (Å²) >= 11 is 0. The third-order valence-electron chi connectivity index (χ3n) is 4.94. The summed E-state index contributed by atoms with van der Waals surface area (Å²) in [5.41, 5.74) is 15.1. The van der Waals surface area contributed by atoms with E-state index in [2.05, 4.69) is 30.7 Å². The number of carbonyl (C=O) groups excluding carboxylic acids is 1. The van der Waals surface area contributed by atoms with Crippen molar-refractivity contribution >= 4 is 40.6 Å². The molecule has 3 rings (SSSR count). The predicted molar refractivity (Wildman–Crippen MR) is 128 cm³/mol. The number of aliphatic carboxylic acids is 2. The number of carbonyl (C=O) groups is 3. The smallest absolute Gasteiger partial charge is 0.326 e. The Balaban J connectivity index is 1.77. The zero-order chi connectivity index (χ0) is 26.2. The molecule has 9 N–H and O–H groups in total. The maximum Gasteiger partial charge on any atom is 0.326 e. The number of rotatable bonds is 12. The van der Waals surface area contributed by atoms with Crippen molar-refractivity contribution in [3.05, 3.63) is 52.1 Å². The number of aromatic amines is 1. The van der Waals surface area contributed by atoms with E-state index in [0.717, 1.165) is 0 Å². The Labute approximate surface area is 203 Å². The fraction of sp³-hybridized carbons (Fsp3) is 0.286. The van der Waals surface area contributed by atoms with Gasteiger partial charge in [0.2, 0.25) is 5.95 Å². The van der Waals surface area contributed by atoms with Crippen molar-refractivity contribution in [2.45, 2.75) is 25.4 Å².